The first-order valence-corrected chi connectivity index (χ1v) is 4.18. The molecule has 0 aliphatic carbocycles. The fourth-order valence-electron chi connectivity index (χ4n) is 0.949. The molecule has 0 aliphatic rings. The molecular weight excluding hydrogens is 146 g/mol. The van der Waals surface area contributed by atoms with Gasteiger partial charge in [0, 0.05) is 6.54 Å². The molecule has 1 aromatic rings. The maximum atomic E-state index is 3.25. The first-order chi connectivity index (χ1) is 5.79. The van der Waals surface area contributed by atoms with E-state index in [0.717, 1.165) is 6.54 Å². The summed E-state index contributed by atoms with van der Waals surface area (Å²) in [5.74, 6) is 0. The zero-order valence-electron chi connectivity index (χ0n) is 8.25. The van der Waals surface area contributed by atoms with Crippen molar-refractivity contribution in [1.29, 1.82) is 0 Å². The zero-order chi connectivity index (χ0) is 9.40. The minimum atomic E-state index is 1.03. The molecular formula is C11H18N. The zero-order valence-corrected chi connectivity index (χ0v) is 8.25. The molecule has 0 heterocycles. The second kappa shape index (κ2) is 6.86. The molecule has 0 amide bonds. The summed E-state index contributed by atoms with van der Waals surface area (Å²) < 4.78 is 0. The maximum Gasteiger partial charge on any atom is 0.0227 e. The van der Waals surface area contributed by atoms with Gasteiger partial charge in [-0.1, -0.05) is 44.2 Å². The summed E-state index contributed by atoms with van der Waals surface area (Å²) in [5.41, 5.74) is 1.37. The molecule has 67 valence electrons. The Balaban J connectivity index is 0.000000561. The summed E-state index contributed by atoms with van der Waals surface area (Å²) in [7, 11) is 4.15. The molecule has 12 heavy (non-hydrogen) atoms. The second-order valence-corrected chi connectivity index (χ2v) is 2.72. The molecule has 0 aliphatic heterocycles. The second-order valence-electron chi connectivity index (χ2n) is 2.72. The Kier molecular flexibility index (Phi) is 6.39. The summed E-state index contributed by atoms with van der Waals surface area (Å²) >= 11 is 0. The Labute approximate surface area is 76.0 Å². The lowest BCUT2D eigenvalue weighted by Crippen LogP contribution is -2.10. The van der Waals surface area contributed by atoms with Crippen molar-refractivity contribution in [2.45, 2.75) is 13.5 Å². The lowest BCUT2D eigenvalue weighted by Gasteiger charge is -2.08. The molecule has 0 spiro atoms. The predicted octanol–water partition coefficient (Wildman–Crippen LogP) is 2.59. The molecule has 1 rings (SSSR count). The molecule has 0 fully saturated rings. The van der Waals surface area contributed by atoms with E-state index in [1.54, 1.807) is 6.92 Å². The van der Waals surface area contributed by atoms with Gasteiger partial charge in [0.1, 0.15) is 0 Å². The summed E-state index contributed by atoms with van der Waals surface area (Å²) in [4.78, 5) is 2.16. The average molecular weight is 164 g/mol. The van der Waals surface area contributed by atoms with Gasteiger partial charge in [0.25, 0.3) is 0 Å². The standard InChI is InChI=1S/C9H13N.C2H5/c1-10(2)8-9-6-4-3-5-7-9;1-2/h3-7H,8H2,1-2H3;1H2,2H3. The fraction of sp³-hybridized carbons (Fsp3) is 0.364. The van der Waals surface area contributed by atoms with Gasteiger partial charge in [-0.2, -0.15) is 0 Å². The molecule has 1 nitrogen and oxygen atoms in total. The van der Waals surface area contributed by atoms with E-state index in [1.807, 2.05) is 6.07 Å². The number of rotatable bonds is 2. The van der Waals surface area contributed by atoms with Crippen LogP contribution in [0.1, 0.15) is 12.5 Å². The van der Waals surface area contributed by atoms with Crippen LogP contribution in [0.25, 0.3) is 0 Å². The van der Waals surface area contributed by atoms with Crippen molar-refractivity contribution in [3.05, 3.63) is 42.8 Å². The lowest BCUT2D eigenvalue weighted by atomic mass is 10.2. The van der Waals surface area contributed by atoms with Crippen LogP contribution < -0.4 is 0 Å². The highest BCUT2D eigenvalue weighted by molar-refractivity contribution is 5.14. The number of nitrogens with zero attached hydrogens (tertiary/aromatic N) is 1. The van der Waals surface area contributed by atoms with Crippen molar-refractivity contribution < 1.29 is 0 Å². The fourth-order valence-corrected chi connectivity index (χ4v) is 0.949. The molecule has 1 radical (unpaired) electrons. The van der Waals surface area contributed by atoms with Crippen LogP contribution in [0.3, 0.4) is 0 Å². The van der Waals surface area contributed by atoms with Crippen molar-refractivity contribution in [3.63, 3.8) is 0 Å². The first-order valence-electron chi connectivity index (χ1n) is 4.18. The lowest BCUT2D eigenvalue weighted by molar-refractivity contribution is 0.402. The van der Waals surface area contributed by atoms with Crippen molar-refractivity contribution in [2.75, 3.05) is 14.1 Å². The third-order valence-corrected chi connectivity index (χ3v) is 1.34. The highest BCUT2D eigenvalue weighted by Gasteiger charge is 1.90. The Morgan fingerprint density at radius 1 is 1.08 bits per heavy atom. The van der Waals surface area contributed by atoms with E-state index in [2.05, 4.69) is 50.2 Å². The molecule has 1 aromatic carbocycles. The minimum Gasteiger partial charge on any atom is -0.305 e. The van der Waals surface area contributed by atoms with Gasteiger partial charge >= 0.3 is 0 Å². The number of benzene rings is 1. The van der Waals surface area contributed by atoms with Crippen LogP contribution in [0.15, 0.2) is 30.3 Å². The Bertz CT molecular complexity index is 179. The Morgan fingerprint density at radius 3 is 2.00 bits per heavy atom. The summed E-state index contributed by atoms with van der Waals surface area (Å²) in [5, 5.41) is 0. The summed E-state index contributed by atoms with van der Waals surface area (Å²) in [6.07, 6.45) is 0. The third-order valence-electron chi connectivity index (χ3n) is 1.34. The third kappa shape index (κ3) is 4.91. The van der Waals surface area contributed by atoms with E-state index in [1.165, 1.54) is 5.56 Å². The largest absolute Gasteiger partial charge is 0.305 e. The van der Waals surface area contributed by atoms with Gasteiger partial charge in [-0.15, -0.1) is 0 Å². The molecule has 1 heteroatoms. The van der Waals surface area contributed by atoms with E-state index in [4.69, 9.17) is 0 Å². The van der Waals surface area contributed by atoms with Gasteiger partial charge in [-0.05, 0) is 19.7 Å². The highest BCUT2D eigenvalue weighted by Crippen LogP contribution is 1.99. The van der Waals surface area contributed by atoms with Crippen molar-refractivity contribution in [2.24, 2.45) is 0 Å². The molecule has 0 atom stereocenters. The monoisotopic (exact) mass is 164 g/mol. The normalized spacial score (nSPS) is 9.08. The van der Waals surface area contributed by atoms with Crippen LogP contribution in [0, 0.1) is 6.92 Å². The maximum absolute atomic E-state index is 3.25. The smallest absolute Gasteiger partial charge is 0.0227 e. The number of hydrogen-bond acceptors (Lipinski definition) is 1. The summed E-state index contributed by atoms with van der Waals surface area (Å²) in [6.45, 7) is 6.03. The van der Waals surface area contributed by atoms with Crippen LogP contribution in [0.5, 0.6) is 0 Å². The van der Waals surface area contributed by atoms with E-state index in [-0.39, 0.29) is 0 Å². The highest BCUT2D eigenvalue weighted by atomic mass is 15.0. The van der Waals surface area contributed by atoms with Gasteiger partial charge < -0.3 is 4.90 Å². The molecule has 0 bridgehead atoms. The van der Waals surface area contributed by atoms with E-state index in [9.17, 15) is 0 Å². The summed E-state index contributed by atoms with van der Waals surface area (Å²) in [6, 6.07) is 10.5. The van der Waals surface area contributed by atoms with Crippen LogP contribution in [0.2, 0.25) is 0 Å². The number of hydrogen-bond donors (Lipinski definition) is 0. The van der Waals surface area contributed by atoms with Gasteiger partial charge in [0.2, 0.25) is 0 Å². The van der Waals surface area contributed by atoms with Crippen molar-refractivity contribution in [3.8, 4) is 0 Å². The molecule has 0 unspecified atom stereocenters. The van der Waals surface area contributed by atoms with Gasteiger partial charge in [-0.25, -0.2) is 0 Å². The van der Waals surface area contributed by atoms with Gasteiger partial charge in [0.05, 0.1) is 0 Å². The average Bonchev–Trinajstić information content (AvgIpc) is 2.08. The van der Waals surface area contributed by atoms with E-state index >= 15 is 0 Å². The van der Waals surface area contributed by atoms with Crippen LogP contribution in [0.4, 0.5) is 0 Å². The molecule has 0 saturated carbocycles. The Hall–Kier alpha value is -0.820. The quantitative estimate of drug-likeness (QED) is 0.649. The molecule has 0 saturated heterocycles. The topological polar surface area (TPSA) is 3.24 Å². The van der Waals surface area contributed by atoms with Crippen LogP contribution >= 0.6 is 0 Å². The van der Waals surface area contributed by atoms with E-state index < -0.39 is 0 Å². The minimum absolute atomic E-state index is 1.03. The van der Waals surface area contributed by atoms with Gasteiger partial charge in [0.15, 0.2) is 0 Å². The van der Waals surface area contributed by atoms with Crippen LogP contribution in [-0.4, -0.2) is 19.0 Å². The predicted molar refractivity (Wildman–Crippen MR) is 54.9 cm³/mol. The SMILES string of the molecule is CN(C)Cc1ccccc1.[CH2]C. The van der Waals surface area contributed by atoms with Gasteiger partial charge in [-0.3, -0.25) is 0 Å². The molecule has 0 aromatic heterocycles. The van der Waals surface area contributed by atoms with Crippen LogP contribution in [-0.2, 0) is 6.54 Å². The van der Waals surface area contributed by atoms with Crippen molar-refractivity contribution in [1.82, 2.24) is 4.90 Å². The molecule has 0 N–H and O–H groups in total. The van der Waals surface area contributed by atoms with Crippen molar-refractivity contribution >= 4 is 0 Å². The van der Waals surface area contributed by atoms with E-state index in [0.29, 0.717) is 0 Å². The Morgan fingerprint density at radius 2 is 1.58 bits per heavy atom. The first kappa shape index (κ1) is 11.2.